The third-order valence-electron chi connectivity index (χ3n) is 4.15. The predicted molar refractivity (Wildman–Crippen MR) is 78.5 cm³/mol. The number of H-pyrrole nitrogens is 2. The molecule has 1 atom stereocenters. The van der Waals surface area contributed by atoms with Gasteiger partial charge in [-0.2, -0.15) is 18.3 Å². The maximum absolute atomic E-state index is 12.7. The zero-order valence-corrected chi connectivity index (χ0v) is 12.9. The monoisotopic (exact) mass is 343 g/mol. The molecule has 0 saturated carbocycles. The normalized spacial score (nSPS) is 19.1. The summed E-state index contributed by atoms with van der Waals surface area (Å²) in [5, 5.41) is 3.50. The summed E-state index contributed by atoms with van der Waals surface area (Å²) in [7, 11) is 1.48. The van der Waals surface area contributed by atoms with Gasteiger partial charge < -0.3 is 4.98 Å². The highest BCUT2D eigenvalue weighted by molar-refractivity contribution is 5.14. The van der Waals surface area contributed by atoms with E-state index in [0.29, 0.717) is 37.4 Å². The van der Waals surface area contributed by atoms with Crippen LogP contribution in [0, 0.1) is 0 Å². The summed E-state index contributed by atoms with van der Waals surface area (Å²) in [5.41, 5.74) is -0.921. The van der Waals surface area contributed by atoms with E-state index >= 15 is 0 Å². The Hall–Kier alpha value is -2.36. The molecule has 2 aromatic heterocycles. The zero-order chi connectivity index (χ0) is 17.5. The van der Waals surface area contributed by atoms with Crippen LogP contribution in [-0.2, 0) is 19.8 Å². The van der Waals surface area contributed by atoms with E-state index < -0.39 is 23.1 Å². The van der Waals surface area contributed by atoms with Crippen LogP contribution in [0.25, 0.3) is 0 Å². The summed E-state index contributed by atoms with van der Waals surface area (Å²) in [6.45, 7) is 1.53. The maximum Gasteiger partial charge on any atom is 0.435 e. The number of nitrogens with one attached hydrogen (secondary N) is 2. The quantitative estimate of drug-likeness (QED) is 0.863. The highest BCUT2D eigenvalue weighted by Crippen LogP contribution is 2.30. The van der Waals surface area contributed by atoms with E-state index in [1.54, 1.807) is 0 Å². The molecule has 0 amide bonds. The molecular weight excluding hydrogens is 327 g/mol. The Balaban J connectivity index is 1.72. The first kappa shape index (κ1) is 16.5. The van der Waals surface area contributed by atoms with E-state index in [1.165, 1.54) is 17.8 Å². The van der Waals surface area contributed by atoms with Crippen molar-refractivity contribution in [2.24, 2.45) is 7.05 Å². The molecule has 2 aromatic rings. The lowest BCUT2D eigenvalue weighted by molar-refractivity contribution is -0.141. The van der Waals surface area contributed by atoms with E-state index in [9.17, 15) is 22.8 Å². The summed E-state index contributed by atoms with van der Waals surface area (Å²) >= 11 is 0. The molecule has 0 radical (unpaired) electrons. The first-order chi connectivity index (χ1) is 11.2. The molecule has 1 aliphatic heterocycles. The van der Waals surface area contributed by atoms with E-state index in [-0.39, 0.29) is 5.92 Å². The first-order valence-electron chi connectivity index (χ1n) is 7.38. The molecule has 1 aliphatic rings. The Bertz CT molecular complexity index is 823. The fourth-order valence-electron chi connectivity index (χ4n) is 2.96. The molecule has 1 unspecified atom stereocenters. The van der Waals surface area contributed by atoms with Crippen molar-refractivity contribution >= 4 is 0 Å². The van der Waals surface area contributed by atoms with Gasteiger partial charge in [-0.25, -0.2) is 4.79 Å². The van der Waals surface area contributed by atoms with Gasteiger partial charge in [-0.3, -0.25) is 19.4 Å². The van der Waals surface area contributed by atoms with Gasteiger partial charge in [-0.15, -0.1) is 0 Å². The lowest BCUT2D eigenvalue weighted by atomic mass is 10.1. The van der Waals surface area contributed by atoms with Gasteiger partial charge in [0.15, 0.2) is 5.69 Å². The Labute approximate surface area is 134 Å². The number of aromatic amines is 2. The number of aromatic nitrogens is 4. The van der Waals surface area contributed by atoms with Gasteiger partial charge in [0.05, 0.1) is 5.69 Å². The summed E-state index contributed by atoms with van der Waals surface area (Å²) in [5.74, 6) is -0.0321. The molecule has 2 N–H and O–H groups in total. The van der Waals surface area contributed by atoms with Gasteiger partial charge in [0.1, 0.15) is 0 Å². The van der Waals surface area contributed by atoms with E-state index in [0.717, 1.165) is 6.07 Å². The summed E-state index contributed by atoms with van der Waals surface area (Å²) in [6, 6.07) is 2.39. The molecule has 24 heavy (non-hydrogen) atoms. The van der Waals surface area contributed by atoms with Crippen molar-refractivity contribution in [3.8, 4) is 0 Å². The molecule has 7 nitrogen and oxygen atoms in total. The number of hydrogen-bond donors (Lipinski definition) is 2. The van der Waals surface area contributed by atoms with Crippen LogP contribution in [-0.4, -0.2) is 37.7 Å². The van der Waals surface area contributed by atoms with Crippen LogP contribution in [0.15, 0.2) is 21.7 Å². The van der Waals surface area contributed by atoms with Crippen LogP contribution in [0.4, 0.5) is 13.2 Å². The van der Waals surface area contributed by atoms with Crippen molar-refractivity contribution in [3.05, 3.63) is 50.1 Å². The smallest absolute Gasteiger partial charge is 0.311 e. The number of hydrogen-bond acceptors (Lipinski definition) is 4. The van der Waals surface area contributed by atoms with Crippen LogP contribution in [0.1, 0.15) is 29.4 Å². The Morgan fingerprint density at radius 3 is 2.67 bits per heavy atom. The van der Waals surface area contributed by atoms with Gasteiger partial charge in [0.25, 0.3) is 5.56 Å². The van der Waals surface area contributed by atoms with Gasteiger partial charge in [0.2, 0.25) is 0 Å². The third-order valence-corrected chi connectivity index (χ3v) is 4.15. The minimum absolute atomic E-state index is 0.0321. The van der Waals surface area contributed by atoms with Gasteiger partial charge in [-0.05, 0) is 19.0 Å². The number of aryl methyl sites for hydroxylation is 1. The number of nitrogens with zero attached hydrogens (tertiary/aromatic N) is 3. The van der Waals surface area contributed by atoms with Crippen molar-refractivity contribution in [1.82, 2.24) is 24.6 Å². The minimum Gasteiger partial charge on any atom is -0.311 e. The SMILES string of the molecule is Cn1nc(C(F)(F)F)cc1CN1CCC(c2cc(=O)[nH]c(=O)[nH]2)C1. The highest BCUT2D eigenvalue weighted by Gasteiger charge is 2.35. The van der Waals surface area contributed by atoms with Crippen molar-refractivity contribution in [2.75, 3.05) is 13.1 Å². The first-order valence-corrected chi connectivity index (χ1v) is 7.38. The summed E-state index contributed by atoms with van der Waals surface area (Å²) in [6.07, 6.45) is -3.75. The van der Waals surface area contributed by atoms with Gasteiger partial charge in [-0.1, -0.05) is 0 Å². The Kier molecular flexibility index (Phi) is 4.08. The molecule has 1 saturated heterocycles. The largest absolute Gasteiger partial charge is 0.435 e. The molecule has 3 rings (SSSR count). The minimum atomic E-state index is -4.46. The molecular formula is C14H16F3N5O2. The average Bonchev–Trinajstić information content (AvgIpc) is 3.05. The lowest BCUT2D eigenvalue weighted by Crippen LogP contribution is -2.25. The van der Waals surface area contributed by atoms with Crippen molar-refractivity contribution in [2.45, 2.75) is 25.1 Å². The fourth-order valence-corrected chi connectivity index (χ4v) is 2.96. The maximum atomic E-state index is 12.7. The van der Waals surface area contributed by atoms with Gasteiger partial charge in [0, 0.05) is 37.8 Å². The summed E-state index contributed by atoms with van der Waals surface area (Å²) in [4.78, 5) is 29.4. The van der Waals surface area contributed by atoms with E-state index in [4.69, 9.17) is 0 Å². The lowest BCUT2D eigenvalue weighted by Gasteiger charge is -2.15. The van der Waals surface area contributed by atoms with Crippen molar-refractivity contribution < 1.29 is 13.2 Å². The van der Waals surface area contributed by atoms with Crippen LogP contribution in [0.2, 0.25) is 0 Å². The van der Waals surface area contributed by atoms with E-state index in [2.05, 4.69) is 15.1 Å². The van der Waals surface area contributed by atoms with E-state index in [1.807, 2.05) is 4.90 Å². The molecule has 3 heterocycles. The number of alkyl halides is 3. The van der Waals surface area contributed by atoms with Crippen LogP contribution >= 0.6 is 0 Å². The Morgan fingerprint density at radius 2 is 2.04 bits per heavy atom. The van der Waals surface area contributed by atoms with Crippen LogP contribution in [0.3, 0.4) is 0 Å². The van der Waals surface area contributed by atoms with Crippen LogP contribution < -0.4 is 11.2 Å². The molecule has 0 aliphatic carbocycles. The second-order valence-electron chi connectivity index (χ2n) is 5.91. The zero-order valence-electron chi connectivity index (χ0n) is 12.9. The van der Waals surface area contributed by atoms with Crippen LogP contribution in [0.5, 0.6) is 0 Å². The average molecular weight is 343 g/mol. The molecule has 0 bridgehead atoms. The van der Waals surface area contributed by atoms with Gasteiger partial charge >= 0.3 is 11.9 Å². The highest BCUT2D eigenvalue weighted by atomic mass is 19.4. The third kappa shape index (κ3) is 3.42. The number of rotatable bonds is 3. The second-order valence-corrected chi connectivity index (χ2v) is 5.91. The summed E-state index contributed by atoms with van der Waals surface area (Å²) < 4.78 is 39.3. The molecule has 1 fully saturated rings. The van der Waals surface area contributed by atoms with Crippen molar-refractivity contribution in [3.63, 3.8) is 0 Å². The Morgan fingerprint density at radius 1 is 1.29 bits per heavy atom. The number of halogens is 3. The topological polar surface area (TPSA) is 86.8 Å². The molecule has 0 aromatic carbocycles. The molecule has 10 heteroatoms. The molecule has 130 valence electrons. The fraction of sp³-hybridized carbons (Fsp3) is 0.500. The second kappa shape index (κ2) is 5.93. The standard InChI is InChI=1S/C14H16F3N5O2/c1-21-9(4-11(20-21)14(15,16)17)7-22-3-2-8(6-22)10-5-12(23)19-13(24)18-10/h4-5,8H,2-3,6-7H2,1H3,(H2,18,19,23,24). The predicted octanol–water partition coefficient (Wildman–Crippen LogP) is 0.805. The molecule has 0 spiro atoms. The van der Waals surface area contributed by atoms with Crippen molar-refractivity contribution in [1.29, 1.82) is 0 Å². The number of likely N-dealkylation sites (tertiary alicyclic amines) is 1.